The molecule has 2 fully saturated rings. The minimum absolute atomic E-state index is 0.273. The Balaban J connectivity index is 1.46. The van der Waals surface area contributed by atoms with Gasteiger partial charge in [-0.15, -0.1) is 0 Å². The predicted octanol–water partition coefficient (Wildman–Crippen LogP) is 2.43. The maximum Gasteiger partial charge on any atom is 0.127 e. The maximum absolute atomic E-state index is 9.54. The summed E-state index contributed by atoms with van der Waals surface area (Å²) in [6, 6.07) is 7.82. The Labute approximate surface area is 126 Å². The lowest BCUT2D eigenvalue weighted by atomic mass is 9.82. The van der Waals surface area contributed by atoms with Gasteiger partial charge in [-0.1, -0.05) is 6.42 Å². The van der Waals surface area contributed by atoms with E-state index in [0.29, 0.717) is 12.6 Å². The number of phenols is 1. The second kappa shape index (κ2) is 5.18. The minimum atomic E-state index is 0.273. The fourth-order valence-corrected chi connectivity index (χ4v) is 4.37. The molecule has 4 nitrogen and oxygen atoms in total. The molecule has 0 aliphatic carbocycles. The average molecular weight is 288 g/mol. The Morgan fingerprint density at radius 1 is 1.24 bits per heavy atom. The van der Waals surface area contributed by atoms with Gasteiger partial charge in [-0.25, -0.2) is 0 Å². The number of piperidine rings is 2. The highest BCUT2D eigenvalue weighted by molar-refractivity contribution is 5.44. The minimum Gasteiger partial charge on any atom is -0.508 e. The number of rotatable bonds is 2. The van der Waals surface area contributed by atoms with E-state index in [0.717, 1.165) is 17.8 Å². The van der Waals surface area contributed by atoms with E-state index in [4.69, 9.17) is 4.74 Å². The number of phenolic OH excluding ortho intramolecular Hbond substituents is 1. The highest BCUT2D eigenvalue weighted by atomic mass is 16.5. The number of fused-ring (bicyclic) bond motifs is 3. The van der Waals surface area contributed by atoms with Crippen molar-refractivity contribution < 1.29 is 9.84 Å². The van der Waals surface area contributed by atoms with Crippen molar-refractivity contribution in [3.05, 3.63) is 23.8 Å². The molecule has 2 bridgehead atoms. The molecule has 0 saturated carbocycles. The van der Waals surface area contributed by atoms with Crippen LogP contribution >= 0.6 is 0 Å². The summed E-state index contributed by atoms with van der Waals surface area (Å²) < 4.78 is 5.72. The third kappa shape index (κ3) is 2.40. The molecule has 3 heterocycles. The molecule has 3 aliphatic rings. The lowest BCUT2D eigenvalue weighted by molar-refractivity contribution is 0.0450. The van der Waals surface area contributed by atoms with Gasteiger partial charge in [0.05, 0.1) is 6.04 Å². The van der Waals surface area contributed by atoms with Crippen LogP contribution < -0.4 is 10.1 Å². The average Bonchev–Trinajstić information content (AvgIpc) is 2.82. The Hall–Kier alpha value is -1.26. The van der Waals surface area contributed by atoms with Crippen molar-refractivity contribution in [1.29, 1.82) is 0 Å². The molecular weight excluding hydrogens is 264 g/mol. The summed E-state index contributed by atoms with van der Waals surface area (Å²) in [7, 11) is 2.29. The first-order valence-electron chi connectivity index (χ1n) is 8.14. The zero-order valence-electron chi connectivity index (χ0n) is 12.6. The molecule has 3 atom stereocenters. The number of nitrogens with one attached hydrogen (secondary N) is 1. The van der Waals surface area contributed by atoms with Crippen LogP contribution in [0.4, 0.5) is 0 Å². The van der Waals surface area contributed by atoms with Gasteiger partial charge >= 0.3 is 0 Å². The van der Waals surface area contributed by atoms with E-state index in [1.54, 1.807) is 12.1 Å². The molecule has 0 radical (unpaired) electrons. The molecule has 4 heteroatoms. The summed E-state index contributed by atoms with van der Waals surface area (Å²) in [4.78, 5) is 2.60. The second-order valence-corrected chi connectivity index (χ2v) is 6.82. The van der Waals surface area contributed by atoms with Gasteiger partial charge in [0.2, 0.25) is 0 Å². The molecule has 0 amide bonds. The third-order valence-electron chi connectivity index (χ3n) is 5.55. The van der Waals surface area contributed by atoms with Gasteiger partial charge in [-0.05, 0) is 44.9 Å². The molecule has 2 N–H and O–H groups in total. The van der Waals surface area contributed by atoms with Crippen LogP contribution in [-0.4, -0.2) is 41.8 Å². The topological polar surface area (TPSA) is 44.7 Å². The molecule has 0 spiro atoms. The number of ether oxygens (including phenoxy) is 1. The fourth-order valence-electron chi connectivity index (χ4n) is 4.37. The van der Waals surface area contributed by atoms with Crippen LogP contribution in [0.1, 0.15) is 43.7 Å². The quantitative estimate of drug-likeness (QED) is 0.877. The summed E-state index contributed by atoms with van der Waals surface area (Å²) in [6.45, 7) is 0.681. The van der Waals surface area contributed by atoms with E-state index in [1.807, 2.05) is 6.07 Å². The van der Waals surface area contributed by atoms with E-state index in [2.05, 4.69) is 17.3 Å². The normalized spacial score (nSPS) is 35.3. The van der Waals surface area contributed by atoms with Crippen molar-refractivity contribution in [3.63, 3.8) is 0 Å². The molecule has 4 rings (SSSR count). The monoisotopic (exact) mass is 288 g/mol. The van der Waals surface area contributed by atoms with E-state index in [-0.39, 0.29) is 11.8 Å². The SMILES string of the molecule is CN1C2CCCC1CC(NC1COc3cc(O)ccc31)C2. The first-order valence-corrected chi connectivity index (χ1v) is 8.14. The third-order valence-corrected chi connectivity index (χ3v) is 5.55. The van der Waals surface area contributed by atoms with Crippen LogP contribution in [0.5, 0.6) is 11.5 Å². The molecule has 114 valence electrons. The van der Waals surface area contributed by atoms with Crippen molar-refractivity contribution in [2.45, 2.75) is 56.3 Å². The van der Waals surface area contributed by atoms with Crippen LogP contribution in [0.15, 0.2) is 18.2 Å². The van der Waals surface area contributed by atoms with Crippen LogP contribution in [-0.2, 0) is 0 Å². The lowest BCUT2D eigenvalue weighted by Gasteiger charge is -2.47. The van der Waals surface area contributed by atoms with Crippen molar-refractivity contribution in [1.82, 2.24) is 10.2 Å². The van der Waals surface area contributed by atoms with E-state index in [9.17, 15) is 5.11 Å². The summed E-state index contributed by atoms with van der Waals surface area (Å²) >= 11 is 0. The molecule has 0 aromatic heterocycles. The molecule has 3 aliphatic heterocycles. The fraction of sp³-hybridized carbons (Fsp3) is 0.647. The summed E-state index contributed by atoms with van der Waals surface area (Å²) in [5.41, 5.74) is 1.19. The first-order chi connectivity index (χ1) is 10.2. The Kier molecular flexibility index (Phi) is 3.31. The summed E-state index contributed by atoms with van der Waals surface area (Å²) in [6.07, 6.45) is 6.57. The van der Waals surface area contributed by atoms with Gasteiger partial charge in [0.25, 0.3) is 0 Å². The highest BCUT2D eigenvalue weighted by Crippen LogP contribution is 2.37. The van der Waals surface area contributed by atoms with E-state index >= 15 is 0 Å². The summed E-state index contributed by atoms with van der Waals surface area (Å²) in [5, 5.41) is 13.3. The van der Waals surface area contributed by atoms with Gasteiger partial charge in [-0.3, -0.25) is 0 Å². The smallest absolute Gasteiger partial charge is 0.127 e. The van der Waals surface area contributed by atoms with Crippen LogP contribution in [0, 0.1) is 0 Å². The van der Waals surface area contributed by atoms with Gasteiger partial charge in [0.1, 0.15) is 18.1 Å². The Bertz CT molecular complexity index is 520. The van der Waals surface area contributed by atoms with Crippen molar-refractivity contribution in [3.8, 4) is 11.5 Å². The van der Waals surface area contributed by atoms with Crippen molar-refractivity contribution in [2.24, 2.45) is 0 Å². The number of hydrogen-bond donors (Lipinski definition) is 2. The standard InChI is InChI=1S/C17H24N2O2/c1-19-12-3-2-4-13(19)8-11(7-12)18-16-10-21-17-9-14(20)5-6-15(16)17/h5-6,9,11-13,16,18,20H,2-4,7-8,10H2,1H3. The molecule has 2 saturated heterocycles. The van der Waals surface area contributed by atoms with Gasteiger partial charge in [-0.2, -0.15) is 0 Å². The van der Waals surface area contributed by atoms with E-state index < -0.39 is 0 Å². The maximum atomic E-state index is 9.54. The molecule has 1 aromatic carbocycles. The van der Waals surface area contributed by atoms with Crippen molar-refractivity contribution in [2.75, 3.05) is 13.7 Å². The van der Waals surface area contributed by atoms with E-state index in [1.165, 1.54) is 37.7 Å². The number of hydrogen-bond acceptors (Lipinski definition) is 4. The molecular formula is C17H24N2O2. The van der Waals surface area contributed by atoms with Crippen LogP contribution in [0.25, 0.3) is 0 Å². The van der Waals surface area contributed by atoms with Crippen LogP contribution in [0.2, 0.25) is 0 Å². The number of aromatic hydroxyl groups is 1. The van der Waals surface area contributed by atoms with Gasteiger partial charge in [0.15, 0.2) is 0 Å². The zero-order chi connectivity index (χ0) is 14.4. The van der Waals surface area contributed by atoms with Crippen molar-refractivity contribution >= 4 is 0 Å². The highest BCUT2D eigenvalue weighted by Gasteiger charge is 2.37. The Morgan fingerprint density at radius 2 is 2.00 bits per heavy atom. The Morgan fingerprint density at radius 3 is 2.76 bits per heavy atom. The largest absolute Gasteiger partial charge is 0.508 e. The first kappa shape index (κ1) is 13.4. The zero-order valence-corrected chi connectivity index (χ0v) is 12.6. The number of benzene rings is 1. The second-order valence-electron chi connectivity index (χ2n) is 6.82. The summed E-state index contributed by atoms with van der Waals surface area (Å²) in [5.74, 6) is 1.11. The number of nitrogens with zero attached hydrogens (tertiary/aromatic N) is 1. The lowest BCUT2D eigenvalue weighted by Crippen LogP contribution is -2.55. The molecule has 21 heavy (non-hydrogen) atoms. The van der Waals surface area contributed by atoms with Gasteiger partial charge in [0, 0.05) is 29.8 Å². The molecule has 3 unspecified atom stereocenters. The van der Waals surface area contributed by atoms with Crippen LogP contribution in [0.3, 0.4) is 0 Å². The predicted molar refractivity (Wildman–Crippen MR) is 81.7 cm³/mol. The van der Waals surface area contributed by atoms with Gasteiger partial charge < -0.3 is 20.1 Å². The molecule has 1 aromatic rings.